The predicted molar refractivity (Wildman–Crippen MR) is 88.5 cm³/mol. The average molecular weight is 343 g/mol. The maximum absolute atomic E-state index is 11.8. The van der Waals surface area contributed by atoms with Crippen molar-refractivity contribution in [3.05, 3.63) is 57.1 Å². The van der Waals surface area contributed by atoms with Crippen molar-refractivity contribution >= 4 is 16.9 Å². The number of rotatable bonds is 5. The molecule has 0 spiro atoms. The molecule has 7 heteroatoms. The van der Waals surface area contributed by atoms with Crippen LogP contribution in [0.2, 0.25) is 0 Å². The molecule has 2 aromatic heterocycles. The first kappa shape index (κ1) is 16.8. The van der Waals surface area contributed by atoms with E-state index in [1.165, 1.54) is 6.07 Å². The van der Waals surface area contributed by atoms with Crippen LogP contribution in [-0.4, -0.2) is 17.7 Å². The largest absolute Gasteiger partial charge is 0.463 e. The lowest BCUT2D eigenvalue weighted by molar-refractivity contribution is -0.147. The molecule has 0 atom stereocenters. The molecule has 0 fully saturated rings. The van der Waals surface area contributed by atoms with Crippen LogP contribution in [0.15, 0.2) is 38.0 Å². The van der Waals surface area contributed by atoms with Crippen molar-refractivity contribution in [3.8, 4) is 5.88 Å². The van der Waals surface area contributed by atoms with Crippen LogP contribution in [0.4, 0.5) is 0 Å². The summed E-state index contributed by atoms with van der Waals surface area (Å²) in [5.41, 5.74) is 2.50. The van der Waals surface area contributed by atoms with Crippen LogP contribution in [0.5, 0.6) is 5.88 Å². The minimum Gasteiger partial charge on any atom is -0.463 e. The van der Waals surface area contributed by atoms with E-state index in [0.29, 0.717) is 16.9 Å². The lowest BCUT2D eigenvalue weighted by Gasteiger charge is -2.09. The maximum Gasteiger partial charge on any atom is 0.344 e. The number of nitrogens with zero attached hydrogens (tertiary/aromatic N) is 1. The van der Waals surface area contributed by atoms with Crippen molar-refractivity contribution < 1.29 is 23.2 Å². The van der Waals surface area contributed by atoms with Crippen LogP contribution >= 0.6 is 0 Å². The monoisotopic (exact) mass is 343 g/mol. The summed E-state index contributed by atoms with van der Waals surface area (Å²) in [5, 5.41) is 4.36. The lowest BCUT2D eigenvalue weighted by atomic mass is 10.0. The summed E-state index contributed by atoms with van der Waals surface area (Å²) in [6.07, 6.45) is 0. The molecule has 0 saturated carbocycles. The zero-order valence-electron chi connectivity index (χ0n) is 14.1. The Hall–Kier alpha value is -3.09. The fourth-order valence-electron chi connectivity index (χ4n) is 2.39. The van der Waals surface area contributed by atoms with Crippen LogP contribution in [0.3, 0.4) is 0 Å². The van der Waals surface area contributed by atoms with E-state index in [4.69, 9.17) is 18.4 Å². The molecule has 0 unspecified atom stereocenters. The van der Waals surface area contributed by atoms with Gasteiger partial charge in [0.05, 0.1) is 0 Å². The SMILES string of the molecule is Cc1cc(OCC(=O)OCc2cc(=O)oc3c(C)c(C)ccc23)no1. The molecule has 25 heavy (non-hydrogen) atoms. The van der Waals surface area contributed by atoms with E-state index < -0.39 is 11.6 Å². The first-order chi connectivity index (χ1) is 11.9. The molecular formula is C18H17NO6. The zero-order chi connectivity index (χ0) is 18.0. The average Bonchev–Trinajstić information content (AvgIpc) is 3.00. The summed E-state index contributed by atoms with van der Waals surface area (Å²) in [6, 6.07) is 6.66. The van der Waals surface area contributed by atoms with E-state index in [-0.39, 0.29) is 19.1 Å². The van der Waals surface area contributed by atoms with E-state index in [9.17, 15) is 9.59 Å². The lowest BCUT2D eigenvalue weighted by Crippen LogP contribution is -2.15. The Kier molecular flexibility index (Phi) is 4.56. The van der Waals surface area contributed by atoms with Crippen LogP contribution in [0.1, 0.15) is 22.5 Å². The van der Waals surface area contributed by atoms with E-state index in [0.717, 1.165) is 16.5 Å². The first-order valence-electron chi connectivity index (χ1n) is 7.68. The van der Waals surface area contributed by atoms with E-state index in [2.05, 4.69) is 5.16 Å². The Balaban J connectivity index is 1.71. The summed E-state index contributed by atoms with van der Waals surface area (Å²) >= 11 is 0. The summed E-state index contributed by atoms with van der Waals surface area (Å²) in [6.45, 7) is 5.18. The van der Waals surface area contributed by atoms with Crippen molar-refractivity contribution in [2.75, 3.05) is 6.61 Å². The van der Waals surface area contributed by atoms with Crippen molar-refractivity contribution in [2.24, 2.45) is 0 Å². The Labute approximate surface area is 143 Å². The highest BCUT2D eigenvalue weighted by atomic mass is 16.6. The number of hydrogen-bond acceptors (Lipinski definition) is 7. The fraction of sp³-hybridized carbons (Fsp3) is 0.278. The molecule has 0 amide bonds. The van der Waals surface area contributed by atoms with Gasteiger partial charge in [0, 0.05) is 23.1 Å². The topological polar surface area (TPSA) is 91.8 Å². The van der Waals surface area contributed by atoms with E-state index >= 15 is 0 Å². The number of carbonyl (C=O) groups is 1. The van der Waals surface area contributed by atoms with Crippen molar-refractivity contribution in [3.63, 3.8) is 0 Å². The highest BCUT2D eigenvalue weighted by Crippen LogP contribution is 2.23. The van der Waals surface area contributed by atoms with Gasteiger partial charge >= 0.3 is 11.6 Å². The van der Waals surface area contributed by atoms with E-state index in [1.54, 1.807) is 13.0 Å². The molecular weight excluding hydrogens is 326 g/mol. The van der Waals surface area contributed by atoms with Crippen molar-refractivity contribution in [2.45, 2.75) is 27.4 Å². The molecule has 3 rings (SSSR count). The van der Waals surface area contributed by atoms with Crippen molar-refractivity contribution in [1.29, 1.82) is 0 Å². The number of hydrogen-bond donors (Lipinski definition) is 0. The first-order valence-corrected chi connectivity index (χ1v) is 7.68. The van der Waals surface area contributed by atoms with Gasteiger partial charge in [-0.05, 0) is 37.1 Å². The number of esters is 1. The summed E-state index contributed by atoms with van der Waals surface area (Å²) in [4.78, 5) is 23.6. The second kappa shape index (κ2) is 6.80. The third kappa shape index (κ3) is 3.71. The highest BCUT2D eigenvalue weighted by Gasteiger charge is 2.12. The van der Waals surface area contributed by atoms with Crippen LogP contribution in [0, 0.1) is 20.8 Å². The van der Waals surface area contributed by atoms with Gasteiger partial charge in [0.1, 0.15) is 18.0 Å². The van der Waals surface area contributed by atoms with Gasteiger partial charge < -0.3 is 18.4 Å². The molecule has 0 radical (unpaired) electrons. The van der Waals surface area contributed by atoms with Crippen LogP contribution in [-0.2, 0) is 16.1 Å². The summed E-state index contributed by atoms with van der Waals surface area (Å²) in [5.74, 6) is 0.216. The van der Waals surface area contributed by atoms with Gasteiger partial charge in [0.25, 0.3) is 5.88 Å². The number of fused-ring (bicyclic) bond motifs is 1. The van der Waals surface area contributed by atoms with E-state index in [1.807, 2.05) is 26.0 Å². The Morgan fingerprint density at radius 3 is 2.72 bits per heavy atom. The Bertz CT molecular complexity index is 985. The van der Waals surface area contributed by atoms with Gasteiger partial charge in [0.15, 0.2) is 6.61 Å². The quantitative estimate of drug-likeness (QED) is 0.519. The fourth-order valence-corrected chi connectivity index (χ4v) is 2.39. The Morgan fingerprint density at radius 2 is 2.00 bits per heavy atom. The molecule has 7 nitrogen and oxygen atoms in total. The molecule has 130 valence electrons. The number of aryl methyl sites for hydroxylation is 3. The molecule has 3 aromatic rings. The second-order valence-electron chi connectivity index (χ2n) is 5.70. The third-order valence-electron chi connectivity index (χ3n) is 3.85. The predicted octanol–water partition coefficient (Wildman–Crippen LogP) is 2.83. The molecule has 2 heterocycles. The van der Waals surface area contributed by atoms with Gasteiger partial charge in [-0.15, -0.1) is 0 Å². The second-order valence-corrected chi connectivity index (χ2v) is 5.70. The molecule has 0 saturated heterocycles. The standard InChI is InChI=1S/C18H17NO6/c1-10-4-5-14-13(7-16(20)24-18(14)12(10)3)8-23-17(21)9-22-15-6-11(2)25-19-15/h4-7H,8-9H2,1-3H3. The number of carbonyl (C=O) groups excluding carboxylic acids is 1. The van der Waals surface area contributed by atoms with Crippen molar-refractivity contribution in [1.82, 2.24) is 5.16 Å². The summed E-state index contributed by atoms with van der Waals surface area (Å²) in [7, 11) is 0. The Morgan fingerprint density at radius 1 is 1.20 bits per heavy atom. The molecule has 0 bridgehead atoms. The smallest absolute Gasteiger partial charge is 0.344 e. The van der Waals surface area contributed by atoms with Crippen LogP contribution in [0.25, 0.3) is 11.0 Å². The van der Waals surface area contributed by atoms with Gasteiger partial charge in [-0.1, -0.05) is 12.1 Å². The van der Waals surface area contributed by atoms with Crippen LogP contribution < -0.4 is 10.4 Å². The number of benzene rings is 1. The van der Waals surface area contributed by atoms with Gasteiger partial charge in [-0.25, -0.2) is 9.59 Å². The summed E-state index contributed by atoms with van der Waals surface area (Å²) < 4.78 is 20.5. The highest BCUT2D eigenvalue weighted by molar-refractivity contribution is 5.84. The molecule has 0 aliphatic rings. The zero-order valence-corrected chi connectivity index (χ0v) is 14.1. The molecule has 0 aliphatic carbocycles. The van der Waals surface area contributed by atoms with Gasteiger partial charge in [0.2, 0.25) is 0 Å². The van der Waals surface area contributed by atoms with Gasteiger partial charge in [-0.3, -0.25) is 0 Å². The third-order valence-corrected chi connectivity index (χ3v) is 3.85. The molecule has 0 aliphatic heterocycles. The minimum absolute atomic E-state index is 0.0510. The number of ether oxygens (including phenoxy) is 2. The normalized spacial score (nSPS) is 10.8. The minimum atomic E-state index is -0.578. The number of aromatic nitrogens is 1. The van der Waals surface area contributed by atoms with Gasteiger partial charge in [-0.2, -0.15) is 0 Å². The maximum atomic E-state index is 11.8. The molecule has 0 N–H and O–H groups in total. The molecule has 1 aromatic carbocycles.